The lowest BCUT2D eigenvalue weighted by Crippen LogP contribution is -2.64. The van der Waals surface area contributed by atoms with E-state index in [0.29, 0.717) is 44.3 Å². The summed E-state index contributed by atoms with van der Waals surface area (Å²) in [6.45, 7) is 14.7. The molecule has 9 rings (SSSR count). The fourth-order valence-corrected chi connectivity index (χ4v) is 14.3. The molecule has 19 heteroatoms. The number of unbranched alkanes of at least 4 members (excludes halogenated alkanes) is 4. The Labute approximate surface area is 478 Å². The SMILES string of the molecule is C/C=C(/C)C(=O)O[C@H]1C(C)=C2[C@H]([C@@H]1OC(=O)CCCCCCC)[C@@](C)(OC(C)=O)C[C@H](OC(=O)CCC)[C@@]1(O)[C@H]2OC(=O)[C@@]1(C)O.O=P1(N(CCCl)CCCl)NCCCO1.c1ccc2c(c1)cc1ccc3cccc4ccc2c1c34. The predicted molar refractivity (Wildman–Crippen MR) is 311 cm³/mol. The first-order valence-electron chi connectivity index (χ1n) is 27.9. The number of aliphatic hydroxyl groups is 2. The molecule has 0 spiro atoms. The van der Waals surface area contributed by atoms with E-state index in [1.54, 1.807) is 38.4 Å². The maximum Gasteiger partial charge on any atom is 0.343 e. The van der Waals surface area contributed by atoms with Crippen LogP contribution in [0.25, 0.3) is 43.1 Å². The molecule has 434 valence electrons. The zero-order valence-electron chi connectivity index (χ0n) is 47.1. The van der Waals surface area contributed by atoms with Gasteiger partial charge in [-0.3, -0.25) is 18.9 Å². The summed E-state index contributed by atoms with van der Waals surface area (Å²) in [7, 11) is -2.84. The van der Waals surface area contributed by atoms with Gasteiger partial charge in [0, 0.05) is 63.2 Å². The Kier molecular flexibility index (Phi) is 20.9. The number of rotatable bonds is 18. The van der Waals surface area contributed by atoms with Crippen LogP contribution < -0.4 is 5.09 Å². The van der Waals surface area contributed by atoms with Gasteiger partial charge in [-0.1, -0.05) is 112 Å². The number of carbonyl (C=O) groups is 5. The van der Waals surface area contributed by atoms with Gasteiger partial charge in [0.25, 0.3) is 0 Å². The quantitative estimate of drug-likeness (QED) is 0.00856. The molecule has 1 saturated carbocycles. The van der Waals surface area contributed by atoms with E-state index in [0.717, 1.165) is 45.6 Å². The van der Waals surface area contributed by atoms with Crippen LogP contribution >= 0.6 is 30.9 Å². The van der Waals surface area contributed by atoms with Crippen LogP contribution in [0.4, 0.5) is 0 Å². The fourth-order valence-electron chi connectivity index (χ4n) is 11.7. The average molecular weight is 1160 g/mol. The molecule has 0 bridgehead atoms. The van der Waals surface area contributed by atoms with Crippen LogP contribution in [-0.4, -0.2) is 124 Å². The van der Waals surface area contributed by atoms with Gasteiger partial charge >= 0.3 is 37.5 Å². The smallest absolute Gasteiger partial charge is 0.343 e. The van der Waals surface area contributed by atoms with Gasteiger partial charge < -0.3 is 38.4 Å². The average Bonchev–Trinajstić information content (AvgIpc) is 3.95. The minimum absolute atomic E-state index is 0.0234. The van der Waals surface area contributed by atoms with E-state index in [9.17, 15) is 38.8 Å². The van der Waals surface area contributed by atoms with E-state index >= 15 is 0 Å². The second-order valence-corrected chi connectivity index (χ2v) is 24.4. The highest BCUT2D eigenvalue weighted by molar-refractivity contribution is 7.54. The van der Waals surface area contributed by atoms with E-state index in [1.807, 2.05) is 0 Å². The first-order chi connectivity index (χ1) is 38.1. The van der Waals surface area contributed by atoms with Gasteiger partial charge in [-0.05, 0) is 114 Å². The summed E-state index contributed by atoms with van der Waals surface area (Å²) in [5.74, 6) is -4.18. The van der Waals surface area contributed by atoms with Crippen LogP contribution in [-0.2, 0) is 56.7 Å². The highest BCUT2D eigenvalue weighted by atomic mass is 35.5. The molecule has 5 aromatic carbocycles. The number of halogens is 2. The number of hydrogen-bond donors (Lipinski definition) is 3. The molecule has 0 radical (unpaired) electrons. The van der Waals surface area contributed by atoms with Crippen molar-refractivity contribution < 1.29 is 67.0 Å². The monoisotopic (exact) mass is 1160 g/mol. The molecule has 2 heterocycles. The van der Waals surface area contributed by atoms with E-state index in [1.165, 1.54) is 56.9 Å². The zero-order chi connectivity index (χ0) is 58.2. The molecule has 2 aliphatic carbocycles. The normalized spacial score (nSPS) is 27.4. The number of nitrogens with zero attached hydrogens (tertiary/aromatic N) is 1. The van der Waals surface area contributed by atoms with Gasteiger partial charge in [0.15, 0.2) is 29.5 Å². The Morgan fingerprint density at radius 3 is 2.10 bits per heavy atom. The van der Waals surface area contributed by atoms with Gasteiger partial charge in [-0.25, -0.2) is 19.3 Å². The number of esters is 5. The lowest BCUT2D eigenvalue weighted by Gasteiger charge is -2.41. The van der Waals surface area contributed by atoms with Gasteiger partial charge in [-0.15, -0.1) is 23.2 Å². The second kappa shape index (κ2) is 26.8. The summed E-state index contributed by atoms with van der Waals surface area (Å²) in [5, 5.41) is 37.6. The molecule has 16 nitrogen and oxygen atoms in total. The third-order valence-corrected chi connectivity index (χ3v) is 18.5. The molecule has 0 aromatic heterocycles. The first kappa shape index (κ1) is 62.4. The Morgan fingerprint density at radius 1 is 0.812 bits per heavy atom. The van der Waals surface area contributed by atoms with Gasteiger partial charge in [0.1, 0.15) is 11.7 Å². The summed E-state index contributed by atoms with van der Waals surface area (Å²) in [6, 6.07) is 26.5. The molecule has 3 N–H and O–H groups in total. The first-order valence-corrected chi connectivity index (χ1v) is 30.5. The molecule has 2 aliphatic heterocycles. The standard InChI is InChI=1S/C34H50O12.C20H12.C7H15Cl2N2O2P/c1-9-12-13-14-15-17-24(37)43-28-26-25(20(5)27(28)44-30(38)19(4)11-3)29-34(41,33(8,40)31(39)45-29)22(42-23(36)16-10-2)18-32(26,7)46-21(6)35;1-2-7-17-15(4-1)12-16-9-8-13-5-3-6-14-10-11-18(17)20(16)19(13)14;8-2-5-11(6-3-9)14(12)10-4-1-7-13-14/h11,22,26-29,40-41H,9-10,12-18H2,1-8H3;1-12H;1-7H2,(H,10,12)/b19-11-;;/t22-,26+,27-,28-,29-,32-,33+,34+;;/m0../s1. The number of nitrogens with one attached hydrogen (secondary N) is 1. The molecule has 4 aliphatic rings. The molecule has 0 amide bonds. The van der Waals surface area contributed by atoms with Crippen LogP contribution in [0.2, 0.25) is 0 Å². The lowest BCUT2D eigenvalue weighted by atomic mass is 9.75. The minimum atomic E-state index is -2.84. The molecule has 1 unspecified atom stereocenters. The number of benzene rings is 5. The van der Waals surface area contributed by atoms with Crippen LogP contribution in [0.1, 0.15) is 120 Å². The summed E-state index contributed by atoms with van der Waals surface area (Å²) in [5.41, 5.74) is -6.12. The Hall–Kier alpha value is -5.16. The van der Waals surface area contributed by atoms with Crippen molar-refractivity contribution in [3.63, 3.8) is 0 Å². The molecule has 2 saturated heterocycles. The third kappa shape index (κ3) is 12.9. The molecule has 3 fully saturated rings. The summed E-state index contributed by atoms with van der Waals surface area (Å²) < 4.78 is 48.5. The van der Waals surface area contributed by atoms with E-state index in [2.05, 4.69) is 84.8 Å². The lowest BCUT2D eigenvalue weighted by molar-refractivity contribution is -0.212. The largest absolute Gasteiger partial charge is 0.459 e. The highest BCUT2D eigenvalue weighted by Gasteiger charge is 2.76. The molecular formula is C61H77Cl2N2O14P. The number of carbonyl (C=O) groups excluding carboxylic acids is 5. The third-order valence-electron chi connectivity index (χ3n) is 15.8. The number of allylic oxidation sites excluding steroid dienone is 1. The summed E-state index contributed by atoms with van der Waals surface area (Å²) >= 11 is 11.2. The Morgan fingerprint density at radius 2 is 1.46 bits per heavy atom. The maximum atomic E-state index is 13.3. The number of ether oxygens (including phenoxy) is 5. The topological polar surface area (TPSA) is 214 Å². The number of alkyl halides is 2. The van der Waals surface area contributed by atoms with Crippen molar-refractivity contribution in [2.45, 2.75) is 161 Å². The molecule has 5 aromatic rings. The Balaban J connectivity index is 0.000000218. The van der Waals surface area contributed by atoms with Crippen molar-refractivity contribution >= 4 is 104 Å². The van der Waals surface area contributed by atoms with Crippen LogP contribution in [0.5, 0.6) is 0 Å². The minimum Gasteiger partial charge on any atom is -0.459 e. The Bertz CT molecular complexity index is 3130. The van der Waals surface area contributed by atoms with Crippen molar-refractivity contribution in [2.24, 2.45) is 5.92 Å². The number of fused-ring (bicyclic) bond motifs is 5. The molecule has 80 heavy (non-hydrogen) atoms. The van der Waals surface area contributed by atoms with Crippen molar-refractivity contribution in [2.75, 3.05) is 38.0 Å². The maximum absolute atomic E-state index is 13.3. The van der Waals surface area contributed by atoms with Gasteiger partial charge in [0.2, 0.25) is 0 Å². The molecule has 9 atom stereocenters. The predicted octanol–water partition coefficient (Wildman–Crippen LogP) is 11.5. The number of hydrogen-bond acceptors (Lipinski definition) is 14. The zero-order valence-corrected chi connectivity index (χ0v) is 49.6. The second-order valence-electron chi connectivity index (χ2n) is 21.5. The summed E-state index contributed by atoms with van der Waals surface area (Å²) in [4.78, 5) is 65.1. The highest BCUT2D eigenvalue weighted by Crippen LogP contribution is 2.58. The van der Waals surface area contributed by atoms with Crippen molar-refractivity contribution in [3.8, 4) is 0 Å². The van der Waals surface area contributed by atoms with Crippen molar-refractivity contribution in [3.05, 3.63) is 95.6 Å². The van der Waals surface area contributed by atoms with Crippen LogP contribution in [0, 0.1) is 5.92 Å². The van der Waals surface area contributed by atoms with E-state index in [-0.39, 0.29) is 29.6 Å². The van der Waals surface area contributed by atoms with Gasteiger partial charge in [0.05, 0.1) is 12.5 Å². The van der Waals surface area contributed by atoms with E-state index < -0.39 is 91.1 Å². The fraction of sp³-hybridized carbons (Fsp3) is 0.525. The van der Waals surface area contributed by atoms with Crippen LogP contribution in [0.15, 0.2) is 95.6 Å². The van der Waals surface area contributed by atoms with Crippen LogP contribution in [0.3, 0.4) is 0 Å². The summed E-state index contributed by atoms with van der Waals surface area (Å²) in [6.07, 6.45) is 1.16. The van der Waals surface area contributed by atoms with E-state index in [4.69, 9.17) is 51.4 Å². The van der Waals surface area contributed by atoms with Crippen molar-refractivity contribution in [1.82, 2.24) is 9.76 Å². The molecular weight excluding hydrogens is 1090 g/mol. The van der Waals surface area contributed by atoms with Crippen molar-refractivity contribution in [1.29, 1.82) is 0 Å². The van der Waals surface area contributed by atoms with Gasteiger partial charge in [-0.2, -0.15) is 0 Å².